The Hall–Kier alpha value is -1.14. The molecule has 0 heterocycles. The molecule has 0 radical (unpaired) electrons. The third kappa shape index (κ3) is 6.23. The highest BCUT2D eigenvalue weighted by Gasteiger charge is 2.22. The van der Waals surface area contributed by atoms with E-state index in [9.17, 15) is 9.59 Å². The number of hydrogen-bond donors (Lipinski definition) is 3. The van der Waals surface area contributed by atoms with Crippen LogP contribution in [0.3, 0.4) is 0 Å². The summed E-state index contributed by atoms with van der Waals surface area (Å²) in [6, 6.07) is -0.870. The van der Waals surface area contributed by atoms with Crippen LogP contribution in [0.5, 0.6) is 0 Å². The van der Waals surface area contributed by atoms with Gasteiger partial charge in [-0.1, -0.05) is 0 Å². The van der Waals surface area contributed by atoms with E-state index in [0.29, 0.717) is 12.5 Å². The van der Waals surface area contributed by atoms with Crippen molar-refractivity contribution >= 4 is 11.9 Å². The minimum absolute atomic E-state index is 0.174. The van der Waals surface area contributed by atoms with Crippen molar-refractivity contribution in [1.29, 1.82) is 0 Å². The summed E-state index contributed by atoms with van der Waals surface area (Å²) < 4.78 is 4.79. The van der Waals surface area contributed by atoms with Crippen molar-refractivity contribution in [3.05, 3.63) is 0 Å². The number of carbonyl (C=O) groups excluding carboxylic acids is 1. The first kappa shape index (κ1) is 13.9. The van der Waals surface area contributed by atoms with E-state index in [1.807, 2.05) is 0 Å². The molecule has 17 heavy (non-hydrogen) atoms. The van der Waals surface area contributed by atoms with E-state index >= 15 is 0 Å². The number of carbonyl (C=O) groups is 2. The van der Waals surface area contributed by atoms with Gasteiger partial charge in [-0.05, 0) is 25.3 Å². The number of hydrogen-bond acceptors (Lipinski definition) is 4. The molecule has 1 saturated carbocycles. The second-order valence-electron chi connectivity index (χ2n) is 4.31. The van der Waals surface area contributed by atoms with E-state index in [2.05, 4.69) is 10.6 Å². The van der Waals surface area contributed by atoms with Crippen LogP contribution in [0.4, 0.5) is 0 Å². The lowest BCUT2D eigenvalue weighted by Gasteiger charge is -2.14. The fourth-order valence-electron chi connectivity index (χ4n) is 1.45. The molecular weight excluding hydrogens is 224 g/mol. The number of methoxy groups -OCH3 is 1. The SMILES string of the molecule is COCCC(NC(=O)CNCC1CC1)C(=O)O. The molecule has 98 valence electrons. The Balaban J connectivity index is 2.16. The molecule has 6 nitrogen and oxygen atoms in total. The smallest absolute Gasteiger partial charge is 0.326 e. The minimum Gasteiger partial charge on any atom is -0.480 e. The van der Waals surface area contributed by atoms with Crippen LogP contribution in [0.2, 0.25) is 0 Å². The predicted molar refractivity (Wildman–Crippen MR) is 61.7 cm³/mol. The largest absolute Gasteiger partial charge is 0.480 e. The molecule has 1 atom stereocenters. The molecule has 3 N–H and O–H groups in total. The maximum Gasteiger partial charge on any atom is 0.326 e. The minimum atomic E-state index is -1.03. The molecule has 1 fully saturated rings. The van der Waals surface area contributed by atoms with Crippen LogP contribution in [0.25, 0.3) is 0 Å². The number of carboxylic acid groups (broad SMARTS) is 1. The van der Waals surface area contributed by atoms with Gasteiger partial charge < -0.3 is 20.5 Å². The normalized spacial score (nSPS) is 16.5. The molecule has 1 unspecified atom stereocenters. The van der Waals surface area contributed by atoms with Gasteiger partial charge in [-0.25, -0.2) is 4.79 Å². The summed E-state index contributed by atoms with van der Waals surface area (Å²) in [4.78, 5) is 22.3. The third-order valence-electron chi connectivity index (χ3n) is 2.66. The first-order chi connectivity index (χ1) is 8.13. The van der Waals surface area contributed by atoms with E-state index in [0.717, 1.165) is 6.54 Å². The Morgan fingerprint density at radius 2 is 2.18 bits per heavy atom. The van der Waals surface area contributed by atoms with Gasteiger partial charge >= 0.3 is 5.97 Å². The average molecular weight is 244 g/mol. The maximum atomic E-state index is 11.4. The number of amides is 1. The van der Waals surface area contributed by atoms with Gasteiger partial charge in [0.2, 0.25) is 5.91 Å². The molecular formula is C11H20N2O4. The second-order valence-corrected chi connectivity index (χ2v) is 4.31. The summed E-state index contributed by atoms with van der Waals surface area (Å²) in [6.45, 7) is 1.32. The van der Waals surface area contributed by atoms with Crippen LogP contribution in [0, 0.1) is 5.92 Å². The van der Waals surface area contributed by atoms with E-state index in [1.165, 1.54) is 20.0 Å². The van der Waals surface area contributed by atoms with Crippen molar-refractivity contribution < 1.29 is 19.4 Å². The van der Waals surface area contributed by atoms with Crippen LogP contribution >= 0.6 is 0 Å². The van der Waals surface area contributed by atoms with Crippen LogP contribution in [-0.4, -0.2) is 49.8 Å². The van der Waals surface area contributed by atoms with Gasteiger partial charge in [-0.3, -0.25) is 4.79 Å². The lowest BCUT2D eigenvalue weighted by Crippen LogP contribution is -2.45. The van der Waals surface area contributed by atoms with Gasteiger partial charge in [0.05, 0.1) is 6.54 Å². The van der Waals surface area contributed by atoms with Crippen molar-refractivity contribution in [3.8, 4) is 0 Å². The number of nitrogens with one attached hydrogen (secondary N) is 2. The summed E-state index contributed by atoms with van der Waals surface area (Å²) in [6.07, 6.45) is 2.72. The molecule has 0 aromatic carbocycles. The predicted octanol–water partition coefficient (Wildman–Crippen LogP) is -0.408. The first-order valence-corrected chi connectivity index (χ1v) is 5.85. The summed E-state index contributed by atoms with van der Waals surface area (Å²) in [5.74, 6) is -0.613. The standard InChI is InChI=1S/C11H20N2O4/c1-17-5-4-9(11(15)16)13-10(14)7-12-6-8-2-3-8/h8-9,12H,2-7H2,1H3,(H,13,14)(H,15,16). The van der Waals surface area contributed by atoms with Gasteiger partial charge in [-0.15, -0.1) is 0 Å². The topological polar surface area (TPSA) is 87.7 Å². The Bertz CT molecular complexity index is 266. The van der Waals surface area contributed by atoms with Gasteiger partial charge in [-0.2, -0.15) is 0 Å². The average Bonchev–Trinajstić information content (AvgIpc) is 3.07. The van der Waals surface area contributed by atoms with E-state index in [4.69, 9.17) is 9.84 Å². The summed E-state index contributed by atoms with van der Waals surface area (Å²) in [5.41, 5.74) is 0. The maximum absolute atomic E-state index is 11.4. The van der Waals surface area contributed by atoms with Gasteiger partial charge in [0, 0.05) is 20.1 Å². The van der Waals surface area contributed by atoms with E-state index in [-0.39, 0.29) is 18.9 Å². The highest BCUT2D eigenvalue weighted by atomic mass is 16.5. The van der Waals surface area contributed by atoms with Crippen LogP contribution in [0.1, 0.15) is 19.3 Å². The Morgan fingerprint density at radius 1 is 1.47 bits per heavy atom. The zero-order valence-corrected chi connectivity index (χ0v) is 10.1. The molecule has 0 aliphatic heterocycles. The van der Waals surface area contributed by atoms with Crippen molar-refractivity contribution in [1.82, 2.24) is 10.6 Å². The van der Waals surface area contributed by atoms with E-state index in [1.54, 1.807) is 0 Å². The lowest BCUT2D eigenvalue weighted by molar-refractivity contribution is -0.142. The monoisotopic (exact) mass is 244 g/mol. The number of rotatable bonds is 9. The molecule has 0 bridgehead atoms. The lowest BCUT2D eigenvalue weighted by atomic mass is 10.2. The molecule has 0 aromatic heterocycles. The first-order valence-electron chi connectivity index (χ1n) is 5.85. The number of carboxylic acids is 1. The summed E-state index contributed by atoms with van der Waals surface area (Å²) in [7, 11) is 1.50. The summed E-state index contributed by atoms with van der Waals surface area (Å²) in [5, 5.41) is 14.4. The fourth-order valence-corrected chi connectivity index (χ4v) is 1.45. The number of aliphatic carboxylic acids is 1. The van der Waals surface area contributed by atoms with Crippen molar-refractivity contribution in [2.75, 3.05) is 26.8 Å². The second kappa shape index (κ2) is 7.24. The molecule has 0 aromatic rings. The van der Waals surface area contributed by atoms with Crippen molar-refractivity contribution in [2.24, 2.45) is 5.92 Å². The fraction of sp³-hybridized carbons (Fsp3) is 0.818. The molecule has 6 heteroatoms. The summed E-state index contributed by atoms with van der Waals surface area (Å²) >= 11 is 0. The van der Waals surface area contributed by atoms with Crippen LogP contribution in [0.15, 0.2) is 0 Å². The Morgan fingerprint density at radius 3 is 2.71 bits per heavy atom. The molecule has 1 aliphatic rings. The molecule has 1 aliphatic carbocycles. The number of ether oxygens (including phenoxy) is 1. The van der Waals surface area contributed by atoms with Crippen molar-refractivity contribution in [3.63, 3.8) is 0 Å². The van der Waals surface area contributed by atoms with Crippen LogP contribution in [-0.2, 0) is 14.3 Å². The van der Waals surface area contributed by atoms with E-state index < -0.39 is 12.0 Å². The third-order valence-corrected chi connectivity index (χ3v) is 2.66. The zero-order valence-electron chi connectivity index (χ0n) is 10.1. The molecule has 1 amide bonds. The Labute approximate surface area is 101 Å². The van der Waals surface area contributed by atoms with Gasteiger partial charge in [0.1, 0.15) is 6.04 Å². The van der Waals surface area contributed by atoms with Crippen molar-refractivity contribution in [2.45, 2.75) is 25.3 Å². The highest BCUT2D eigenvalue weighted by molar-refractivity contribution is 5.84. The molecule has 1 rings (SSSR count). The quantitative estimate of drug-likeness (QED) is 0.513. The molecule has 0 spiro atoms. The van der Waals surface area contributed by atoms with Gasteiger partial charge in [0.15, 0.2) is 0 Å². The van der Waals surface area contributed by atoms with Gasteiger partial charge in [0.25, 0.3) is 0 Å². The highest BCUT2D eigenvalue weighted by Crippen LogP contribution is 2.27. The molecule has 0 saturated heterocycles. The van der Waals surface area contributed by atoms with Crippen LogP contribution < -0.4 is 10.6 Å². The zero-order chi connectivity index (χ0) is 12.7. The Kier molecular flexibility index (Phi) is 5.93.